The monoisotopic (exact) mass is 351 g/mol. The van der Waals surface area contributed by atoms with Crippen molar-refractivity contribution in [3.05, 3.63) is 63.0 Å². The summed E-state index contributed by atoms with van der Waals surface area (Å²) in [5, 5.41) is 0.967. The zero-order valence-electron chi connectivity index (χ0n) is 15.4. The van der Waals surface area contributed by atoms with E-state index in [-0.39, 0.29) is 5.63 Å². The Morgan fingerprint density at radius 3 is 2.65 bits per heavy atom. The highest BCUT2D eigenvalue weighted by molar-refractivity contribution is 5.87. The van der Waals surface area contributed by atoms with Crippen LogP contribution in [0.1, 0.15) is 22.3 Å². The minimum atomic E-state index is -0.285. The van der Waals surface area contributed by atoms with Crippen LogP contribution in [0, 0.1) is 20.8 Å². The summed E-state index contributed by atoms with van der Waals surface area (Å²) in [6.45, 7) is 6.86. The second kappa shape index (κ2) is 6.09. The Kier molecular flexibility index (Phi) is 3.87. The van der Waals surface area contributed by atoms with Gasteiger partial charge in [-0.25, -0.2) is 4.79 Å². The van der Waals surface area contributed by atoms with E-state index >= 15 is 0 Å². The lowest BCUT2D eigenvalue weighted by molar-refractivity contribution is 0.287. The lowest BCUT2D eigenvalue weighted by Gasteiger charge is -2.32. The molecule has 1 aliphatic heterocycles. The van der Waals surface area contributed by atoms with Crippen molar-refractivity contribution >= 4 is 16.7 Å². The molecule has 0 aliphatic carbocycles. The highest BCUT2D eigenvalue weighted by Crippen LogP contribution is 2.37. The van der Waals surface area contributed by atoms with Crippen LogP contribution in [-0.4, -0.2) is 13.8 Å². The van der Waals surface area contributed by atoms with Crippen LogP contribution in [0.2, 0.25) is 0 Å². The van der Waals surface area contributed by atoms with E-state index in [9.17, 15) is 4.79 Å². The topological polar surface area (TPSA) is 51.9 Å². The molecule has 0 radical (unpaired) electrons. The third kappa shape index (κ3) is 2.51. The summed E-state index contributed by atoms with van der Waals surface area (Å²) < 4.78 is 16.9. The molecule has 0 fully saturated rings. The number of fused-ring (bicyclic) bond motifs is 2. The number of aryl methyl sites for hydroxylation is 2. The van der Waals surface area contributed by atoms with Gasteiger partial charge in [0.1, 0.15) is 17.1 Å². The van der Waals surface area contributed by atoms with Gasteiger partial charge in [-0.2, -0.15) is 0 Å². The number of benzene rings is 2. The average molecular weight is 351 g/mol. The lowest BCUT2D eigenvalue weighted by Crippen LogP contribution is -2.32. The smallest absolute Gasteiger partial charge is 0.339 e. The van der Waals surface area contributed by atoms with Crippen molar-refractivity contribution in [3.63, 3.8) is 0 Å². The van der Waals surface area contributed by atoms with E-state index < -0.39 is 0 Å². The number of rotatable bonds is 2. The average Bonchev–Trinajstić information content (AvgIpc) is 2.67. The summed E-state index contributed by atoms with van der Waals surface area (Å²) in [6, 6.07) is 10.0. The maximum atomic E-state index is 12.0. The van der Waals surface area contributed by atoms with Crippen LogP contribution in [0.5, 0.6) is 11.5 Å². The minimum Gasteiger partial charge on any atom is -0.497 e. The standard InChI is InChI=1S/C21H21NO4/c1-12-13(2)21(23)26-20-14(3)19-15(8-18(12)20)10-22(11-25-19)16-6-5-7-17(9-16)24-4/h5-9H,10-11H2,1-4H3. The normalized spacial score (nSPS) is 13.5. The molecular formula is C21H21NO4. The molecule has 4 rings (SSSR count). The zero-order valence-corrected chi connectivity index (χ0v) is 15.4. The molecule has 0 bridgehead atoms. The van der Waals surface area contributed by atoms with Crippen molar-refractivity contribution in [1.29, 1.82) is 0 Å². The summed E-state index contributed by atoms with van der Waals surface area (Å²) in [6.07, 6.45) is 0. The first-order valence-electron chi connectivity index (χ1n) is 8.58. The van der Waals surface area contributed by atoms with Crippen molar-refractivity contribution in [2.45, 2.75) is 27.3 Å². The second-order valence-electron chi connectivity index (χ2n) is 6.68. The quantitative estimate of drug-likeness (QED) is 0.651. The maximum Gasteiger partial charge on any atom is 0.339 e. The van der Waals surface area contributed by atoms with E-state index in [2.05, 4.69) is 11.0 Å². The summed E-state index contributed by atoms with van der Waals surface area (Å²) in [5.74, 6) is 1.62. The predicted molar refractivity (Wildman–Crippen MR) is 101 cm³/mol. The van der Waals surface area contributed by atoms with Crippen molar-refractivity contribution in [2.75, 3.05) is 18.7 Å². The summed E-state index contributed by atoms with van der Waals surface area (Å²) in [4.78, 5) is 14.2. The Morgan fingerprint density at radius 1 is 1.08 bits per heavy atom. The van der Waals surface area contributed by atoms with Crippen LogP contribution in [0.4, 0.5) is 5.69 Å². The Hall–Kier alpha value is -2.95. The largest absolute Gasteiger partial charge is 0.497 e. The van der Waals surface area contributed by atoms with E-state index in [0.29, 0.717) is 17.9 Å². The Bertz CT molecular complexity index is 1070. The van der Waals surface area contributed by atoms with Crippen molar-refractivity contribution in [3.8, 4) is 11.5 Å². The van der Waals surface area contributed by atoms with Gasteiger partial charge in [-0.15, -0.1) is 0 Å². The van der Waals surface area contributed by atoms with Crippen LogP contribution in [0.3, 0.4) is 0 Å². The highest BCUT2D eigenvalue weighted by atomic mass is 16.5. The molecule has 0 N–H and O–H groups in total. The third-order valence-corrected chi connectivity index (χ3v) is 5.15. The molecule has 134 valence electrons. The van der Waals surface area contributed by atoms with Crippen LogP contribution in [-0.2, 0) is 6.54 Å². The number of nitrogens with zero attached hydrogens (tertiary/aromatic N) is 1. The van der Waals surface area contributed by atoms with Gasteiger partial charge in [0, 0.05) is 40.4 Å². The fraction of sp³-hybridized carbons (Fsp3) is 0.286. The Labute approximate surface area is 151 Å². The fourth-order valence-corrected chi connectivity index (χ4v) is 3.47. The predicted octanol–water partition coefficient (Wildman–Crippen LogP) is 4.08. The highest BCUT2D eigenvalue weighted by Gasteiger charge is 2.23. The molecule has 0 atom stereocenters. The van der Waals surface area contributed by atoms with Crippen LogP contribution < -0.4 is 20.0 Å². The van der Waals surface area contributed by atoms with Gasteiger partial charge in [0.25, 0.3) is 0 Å². The number of ether oxygens (including phenoxy) is 2. The van der Waals surface area contributed by atoms with Crippen LogP contribution >= 0.6 is 0 Å². The molecule has 1 aromatic heterocycles. The summed E-state index contributed by atoms with van der Waals surface area (Å²) in [7, 11) is 1.66. The summed E-state index contributed by atoms with van der Waals surface area (Å²) in [5.41, 5.74) is 4.95. The van der Waals surface area contributed by atoms with Gasteiger partial charge in [0.2, 0.25) is 0 Å². The second-order valence-corrected chi connectivity index (χ2v) is 6.68. The number of hydrogen-bond donors (Lipinski definition) is 0. The summed E-state index contributed by atoms with van der Waals surface area (Å²) >= 11 is 0. The van der Waals surface area contributed by atoms with Crippen LogP contribution in [0.25, 0.3) is 11.0 Å². The minimum absolute atomic E-state index is 0.285. The molecule has 0 saturated heterocycles. The first-order chi connectivity index (χ1) is 12.5. The van der Waals surface area contributed by atoms with Gasteiger partial charge in [-0.1, -0.05) is 6.07 Å². The van der Waals surface area contributed by atoms with Crippen molar-refractivity contribution in [1.82, 2.24) is 0 Å². The molecule has 5 heteroatoms. The fourth-order valence-electron chi connectivity index (χ4n) is 3.47. The maximum absolute atomic E-state index is 12.0. The molecule has 0 saturated carbocycles. The third-order valence-electron chi connectivity index (χ3n) is 5.15. The van der Waals surface area contributed by atoms with Gasteiger partial charge in [0.05, 0.1) is 7.11 Å². The molecular weight excluding hydrogens is 330 g/mol. The van der Waals surface area contributed by atoms with Gasteiger partial charge in [-0.3, -0.25) is 0 Å². The molecule has 2 heterocycles. The van der Waals surface area contributed by atoms with E-state index in [1.165, 1.54) is 0 Å². The van der Waals surface area contributed by atoms with Crippen LogP contribution in [0.15, 0.2) is 39.5 Å². The number of anilines is 1. The lowest BCUT2D eigenvalue weighted by atomic mass is 9.99. The van der Waals surface area contributed by atoms with E-state index in [1.54, 1.807) is 14.0 Å². The van der Waals surface area contributed by atoms with Gasteiger partial charge < -0.3 is 18.8 Å². The number of hydrogen-bond acceptors (Lipinski definition) is 5. The number of methoxy groups -OCH3 is 1. The molecule has 5 nitrogen and oxygen atoms in total. The molecule has 3 aromatic rings. The van der Waals surface area contributed by atoms with Gasteiger partial charge >= 0.3 is 5.63 Å². The first kappa shape index (κ1) is 16.5. The Balaban J connectivity index is 1.82. The van der Waals surface area contributed by atoms with E-state index in [0.717, 1.165) is 45.8 Å². The molecule has 0 unspecified atom stereocenters. The van der Waals surface area contributed by atoms with E-state index in [1.807, 2.05) is 38.1 Å². The molecule has 26 heavy (non-hydrogen) atoms. The first-order valence-corrected chi connectivity index (χ1v) is 8.58. The molecule has 0 spiro atoms. The molecule has 1 aliphatic rings. The van der Waals surface area contributed by atoms with Gasteiger partial charge in [-0.05, 0) is 44.5 Å². The molecule has 0 amide bonds. The van der Waals surface area contributed by atoms with Crippen molar-refractivity contribution < 1.29 is 13.9 Å². The SMILES string of the molecule is COc1cccc(N2COc3c(cc4c(C)c(C)c(=O)oc4c3C)C2)c1. The molecule has 2 aromatic carbocycles. The van der Waals surface area contributed by atoms with E-state index in [4.69, 9.17) is 13.9 Å². The Morgan fingerprint density at radius 2 is 1.88 bits per heavy atom. The van der Waals surface area contributed by atoms with Gasteiger partial charge in [0.15, 0.2) is 6.73 Å². The van der Waals surface area contributed by atoms with Crippen molar-refractivity contribution in [2.24, 2.45) is 0 Å². The zero-order chi connectivity index (χ0) is 18.4.